The molecule has 2 aromatic rings. The van der Waals surface area contributed by atoms with Crippen LogP contribution in [0, 0.1) is 0 Å². The predicted octanol–water partition coefficient (Wildman–Crippen LogP) is 2.98. The summed E-state index contributed by atoms with van der Waals surface area (Å²) in [5.74, 6) is 2.66. The van der Waals surface area contributed by atoms with Gasteiger partial charge in [-0.3, -0.25) is 0 Å². The summed E-state index contributed by atoms with van der Waals surface area (Å²) in [4.78, 5) is 4.63. The zero-order chi connectivity index (χ0) is 16.3. The zero-order valence-corrected chi connectivity index (χ0v) is 13.8. The van der Waals surface area contributed by atoms with Crippen LogP contribution in [0.15, 0.2) is 52.1 Å². The first kappa shape index (κ1) is 16.9. The van der Waals surface area contributed by atoms with Gasteiger partial charge in [-0.05, 0) is 36.2 Å². The van der Waals surface area contributed by atoms with E-state index in [0.717, 1.165) is 49.0 Å². The van der Waals surface area contributed by atoms with Gasteiger partial charge in [-0.25, -0.2) is 4.99 Å². The van der Waals surface area contributed by atoms with E-state index >= 15 is 0 Å². The molecule has 1 aromatic carbocycles. The first-order valence-corrected chi connectivity index (χ1v) is 7.99. The summed E-state index contributed by atoms with van der Waals surface area (Å²) in [5.41, 5.74) is 1.15. The number of nitrogens with one attached hydrogen (secondary N) is 2. The molecule has 0 saturated heterocycles. The molecule has 0 aliphatic heterocycles. The second kappa shape index (κ2) is 9.56. The first-order chi connectivity index (χ1) is 11.3. The highest BCUT2D eigenvalue weighted by Crippen LogP contribution is 2.11. The van der Waals surface area contributed by atoms with E-state index in [0.29, 0.717) is 6.54 Å². The third-order valence-electron chi connectivity index (χ3n) is 3.37. The van der Waals surface area contributed by atoms with Crippen molar-refractivity contribution in [2.24, 2.45) is 4.99 Å². The molecule has 0 aliphatic carbocycles. The summed E-state index contributed by atoms with van der Waals surface area (Å²) in [5, 5.41) is 6.67. The lowest BCUT2D eigenvalue weighted by Gasteiger charge is -2.11. The van der Waals surface area contributed by atoms with E-state index in [2.05, 4.69) is 22.5 Å². The molecule has 124 valence electrons. The SMILES string of the molecule is CCCNC(=NCc1ccc(OC)cc1)NCCc1ccco1. The Hall–Kier alpha value is -2.43. The van der Waals surface area contributed by atoms with Crippen molar-refractivity contribution in [3.05, 3.63) is 54.0 Å². The molecule has 0 saturated carbocycles. The Balaban J connectivity index is 1.87. The third kappa shape index (κ3) is 6.06. The molecule has 0 unspecified atom stereocenters. The fourth-order valence-corrected chi connectivity index (χ4v) is 2.08. The Morgan fingerprint density at radius 2 is 1.91 bits per heavy atom. The molecule has 1 aromatic heterocycles. The maximum Gasteiger partial charge on any atom is 0.191 e. The highest BCUT2D eigenvalue weighted by Gasteiger charge is 2.00. The van der Waals surface area contributed by atoms with Gasteiger partial charge in [-0.2, -0.15) is 0 Å². The standard InChI is InChI=1S/C18H25N3O2/c1-3-11-19-18(20-12-10-17-5-4-13-23-17)21-14-15-6-8-16(22-2)9-7-15/h4-9,13H,3,10-12,14H2,1-2H3,(H2,19,20,21). The van der Waals surface area contributed by atoms with Crippen molar-refractivity contribution in [1.29, 1.82) is 0 Å². The van der Waals surface area contributed by atoms with Crippen LogP contribution in [0.4, 0.5) is 0 Å². The number of benzene rings is 1. The number of ether oxygens (including phenoxy) is 1. The van der Waals surface area contributed by atoms with Gasteiger partial charge in [-0.1, -0.05) is 19.1 Å². The van der Waals surface area contributed by atoms with Gasteiger partial charge in [0.25, 0.3) is 0 Å². The van der Waals surface area contributed by atoms with Crippen LogP contribution < -0.4 is 15.4 Å². The van der Waals surface area contributed by atoms with Crippen molar-refractivity contribution in [2.45, 2.75) is 26.3 Å². The number of nitrogens with zero attached hydrogens (tertiary/aromatic N) is 1. The summed E-state index contributed by atoms with van der Waals surface area (Å²) in [7, 11) is 1.67. The van der Waals surface area contributed by atoms with E-state index in [1.807, 2.05) is 36.4 Å². The summed E-state index contributed by atoms with van der Waals surface area (Å²) in [6, 6.07) is 11.9. The molecule has 23 heavy (non-hydrogen) atoms. The van der Waals surface area contributed by atoms with Gasteiger partial charge < -0.3 is 19.8 Å². The molecule has 0 fully saturated rings. The lowest BCUT2D eigenvalue weighted by Crippen LogP contribution is -2.38. The molecule has 0 atom stereocenters. The number of hydrogen-bond acceptors (Lipinski definition) is 3. The Morgan fingerprint density at radius 1 is 1.13 bits per heavy atom. The van der Waals surface area contributed by atoms with E-state index in [1.165, 1.54) is 0 Å². The van der Waals surface area contributed by atoms with Gasteiger partial charge >= 0.3 is 0 Å². The average Bonchev–Trinajstić information content (AvgIpc) is 3.10. The molecule has 0 spiro atoms. The van der Waals surface area contributed by atoms with Crippen molar-refractivity contribution in [2.75, 3.05) is 20.2 Å². The number of rotatable bonds is 8. The first-order valence-electron chi connectivity index (χ1n) is 7.99. The molecule has 0 bridgehead atoms. The largest absolute Gasteiger partial charge is 0.497 e. The number of methoxy groups -OCH3 is 1. The third-order valence-corrected chi connectivity index (χ3v) is 3.37. The van der Waals surface area contributed by atoms with Crippen LogP contribution in [0.1, 0.15) is 24.7 Å². The lowest BCUT2D eigenvalue weighted by molar-refractivity contribution is 0.414. The Kier molecular flexibility index (Phi) is 7.04. The van der Waals surface area contributed by atoms with Crippen LogP contribution in [0.25, 0.3) is 0 Å². The molecule has 2 rings (SSSR count). The molecule has 0 radical (unpaired) electrons. The fourth-order valence-electron chi connectivity index (χ4n) is 2.08. The predicted molar refractivity (Wildman–Crippen MR) is 92.8 cm³/mol. The monoisotopic (exact) mass is 315 g/mol. The van der Waals surface area contributed by atoms with Crippen LogP contribution >= 0.6 is 0 Å². The molecular formula is C18H25N3O2. The minimum atomic E-state index is 0.629. The smallest absolute Gasteiger partial charge is 0.191 e. The molecule has 0 amide bonds. The van der Waals surface area contributed by atoms with E-state index in [9.17, 15) is 0 Å². The van der Waals surface area contributed by atoms with E-state index < -0.39 is 0 Å². The summed E-state index contributed by atoms with van der Waals surface area (Å²) in [6.07, 6.45) is 3.59. The van der Waals surface area contributed by atoms with Gasteiger partial charge in [0, 0.05) is 19.5 Å². The van der Waals surface area contributed by atoms with Crippen LogP contribution in [0.5, 0.6) is 5.75 Å². The van der Waals surface area contributed by atoms with Crippen LogP contribution in [0.3, 0.4) is 0 Å². The molecule has 1 heterocycles. The second-order valence-electron chi connectivity index (χ2n) is 5.20. The van der Waals surface area contributed by atoms with Gasteiger partial charge in [0.15, 0.2) is 5.96 Å². The van der Waals surface area contributed by atoms with Crippen molar-refractivity contribution in [3.8, 4) is 5.75 Å². The van der Waals surface area contributed by atoms with Crippen LogP contribution in [-0.4, -0.2) is 26.2 Å². The quantitative estimate of drug-likeness (QED) is 0.581. The molecule has 5 heteroatoms. The Labute approximate surface area is 137 Å². The number of hydrogen-bond donors (Lipinski definition) is 2. The summed E-state index contributed by atoms with van der Waals surface area (Å²) in [6.45, 7) is 4.45. The average molecular weight is 315 g/mol. The maximum absolute atomic E-state index is 5.34. The summed E-state index contributed by atoms with van der Waals surface area (Å²) < 4.78 is 10.5. The van der Waals surface area contributed by atoms with Crippen LogP contribution in [-0.2, 0) is 13.0 Å². The van der Waals surface area contributed by atoms with Crippen molar-refractivity contribution >= 4 is 5.96 Å². The summed E-state index contributed by atoms with van der Waals surface area (Å²) >= 11 is 0. The molecule has 0 aliphatic rings. The van der Waals surface area contributed by atoms with Gasteiger partial charge in [0.2, 0.25) is 0 Å². The Bertz CT molecular complexity index is 577. The lowest BCUT2D eigenvalue weighted by atomic mass is 10.2. The molecule has 2 N–H and O–H groups in total. The topological polar surface area (TPSA) is 58.8 Å². The fraction of sp³-hybridized carbons (Fsp3) is 0.389. The van der Waals surface area contributed by atoms with Crippen molar-refractivity contribution in [1.82, 2.24) is 10.6 Å². The van der Waals surface area contributed by atoms with Gasteiger partial charge in [-0.15, -0.1) is 0 Å². The van der Waals surface area contributed by atoms with Crippen LogP contribution in [0.2, 0.25) is 0 Å². The normalized spacial score (nSPS) is 11.3. The highest BCUT2D eigenvalue weighted by molar-refractivity contribution is 5.79. The zero-order valence-electron chi connectivity index (χ0n) is 13.8. The Morgan fingerprint density at radius 3 is 2.57 bits per heavy atom. The number of guanidine groups is 1. The highest BCUT2D eigenvalue weighted by atomic mass is 16.5. The number of aliphatic imine (C=N–C) groups is 1. The molecular weight excluding hydrogens is 290 g/mol. The minimum absolute atomic E-state index is 0.629. The van der Waals surface area contributed by atoms with E-state index in [-0.39, 0.29) is 0 Å². The van der Waals surface area contributed by atoms with Gasteiger partial charge in [0.05, 0.1) is 19.9 Å². The van der Waals surface area contributed by atoms with Gasteiger partial charge in [0.1, 0.15) is 11.5 Å². The van der Waals surface area contributed by atoms with Crippen molar-refractivity contribution in [3.63, 3.8) is 0 Å². The maximum atomic E-state index is 5.34. The van der Waals surface area contributed by atoms with Crippen molar-refractivity contribution < 1.29 is 9.15 Å². The number of furan rings is 1. The minimum Gasteiger partial charge on any atom is -0.497 e. The van der Waals surface area contributed by atoms with E-state index in [1.54, 1.807) is 13.4 Å². The second-order valence-corrected chi connectivity index (χ2v) is 5.20. The van der Waals surface area contributed by atoms with E-state index in [4.69, 9.17) is 9.15 Å². The molecule has 5 nitrogen and oxygen atoms in total.